The molecule has 4 nitrogen and oxygen atoms in total. The zero-order valence-corrected chi connectivity index (χ0v) is 13.9. The number of hydrogen-bond acceptors (Lipinski definition) is 3. The maximum absolute atomic E-state index is 12.3. The second-order valence-corrected chi connectivity index (χ2v) is 7.50. The highest BCUT2D eigenvalue weighted by atomic mass is 79.9. The van der Waals surface area contributed by atoms with Crippen molar-refractivity contribution in [3.05, 3.63) is 22.7 Å². The molecule has 0 aliphatic heterocycles. The van der Waals surface area contributed by atoms with E-state index in [1.807, 2.05) is 6.92 Å². The van der Waals surface area contributed by atoms with Gasteiger partial charge in [0.1, 0.15) is 0 Å². The van der Waals surface area contributed by atoms with Crippen LogP contribution in [0, 0.1) is 5.92 Å². The highest BCUT2D eigenvalue weighted by molar-refractivity contribution is 9.10. The highest BCUT2D eigenvalue weighted by Gasteiger charge is 2.20. The average Bonchev–Trinajstić information content (AvgIpc) is 2.26. The standard InChI is InChI=1S/C13H21BrN2O2S/c1-4-9(2)7-10(3)16-19(17,18)13-6-5-11(15)8-12(13)14/h5-6,8-10,16H,4,7,15H2,1-3H3. The molecule has 2 atom stereocenters. The Hall–Kier alpha value is -0.590. The SMILES string of the molecule is CCC(C)CC(C)NS(=O)(=O)c1ccc(N)cc1Br. The number of nitrogen functional groups attached to an aromatic ring is 1. The van der Waals surface area contributed by atoms with Crippen LogP contribution in [0.15, 0.2) is 27.6 Å². The summed E-state index contributed by atoms with van der Waals surface area (Å²) in [5.41, 5.74) is 6.14. The van der Waals surface area contributed by atoms with Crippen molar-refractivity contribution in [2.45, 2.75) is 44.6 Å². The number of halogens is 1. The lowest BCUT2D eigenvalue weighted by Crippen LogP contribution is -2.33. The Morgan fingerprint density at radius 3 is 2.53 bits per heavy atom. The van der Waals surface area contributed by atoms with Crippen LogP contribution in [-0.2, 0) is 10.0 Å². The largest absolute Gasteiger partial charge is 0.399 e. The van der Waals surface area contributed by atoms with Gasteiger partial charge in [0.25, 0.3) is 0 Å². The van der Waals surface area contributed by atoms with E-state index in [1.165, 1.54) is 6.07 Å². The maximum Gasteiger partial charge on any atom is 0.241 e. The summed E-state index contributed by atoms with van der Waals surface area (Å²) in [5.74, 6) is 0.493. The van der Waals surface area contributed by atoms with E-state index in [2.05, 4.69) is 34.5 Å². The van der Waals surface area contributed by atoms with Crippen LogP contribution in [0.2, 0.25) is 0 Å². The molecule has 1 aromatic rings. The number of nitrogens with two attached hydrogens (primary N) is 1. The van der Waals surface area contributed by atoms with Crippen molar-refractivity contribution in [2.75, 3.05) is 5.73 Å². The van der Waals surface area contributed by atoms with Crippen LogP contribution in [0.5, 0.6) is 0 Å². The van der Waals surface area contributed by atoms with Crippen LogP contribution in [0.25, 0.3) is 0 Å². The zero-order valence-electron chi connectivity index (χ0n) is 11.5. The second kappa shape index (κ2) is 6.72. The van der Waals surface area contributed by atoms with Crippen molar-refractivity contribution in [3.8, 4) is 0 Å². The summed E-state index contributed by atoms with van der Waals surface area (Å²) < 4.78 is 27.7. The Morgan fingerprint density at radius 2 is 2.00 bits per heavy atom. The number of rotatable bonds is 6. The molecule has 19 heavy (non-hydrogen) atoms. The predicted octanol–water partition coefficient (Wildman–Crippen LogP) is 3.13. The summed E-state index contributed by atoms with van der Waals surface area (Å²) in [4.78, 5) is 0.220. The molecular formula is C13H21BrN2O2S. The number of sulfonamides is 1. The third kappa shape index (κ3) is 4.78. The Bertz CT molecular complexity index is 531. The molecule has 2 unspecified atom stereocenters. The monoisotopic (exact) mass is 348 g/mol. The van der Waals surface area contributed by atoms with Gasteiger partial charge in [-0.05, 0) is 53.4 Å². The van der Waals surface area contributed by atoms with Gasteiger partial charge in [0, 0.05) is 16.2 Å². The Morgan fingerprint density at radius 1 is 1.37 bits per heavy atom. The summed E-state index contributed by atoms with van der Waals surface area (Å²) in [7, 11) is -3.51. The zero-order chi connectivity index (χ0) is 14.6. The topological polar surface area (TPSA) is 72.2 Å². The predicted molar refractivity (Wildman–Crippen MR) is 82.4 cm³/mol. The fourth-order valence-electron chi connectivity index (χ4n) is 1.88. The summed E-state index contributed by atoms with van der Waals surface area (Å²) in [5, 5.41) is 0. The molecule has 0 fully saturated rings. The minimum atomic E-state index is -3.51. The Balaban J connectivity index is 2.86. The van der Waals surface area contributed by atoms with Crippen molar-refractivity contribution in [1.29, 1.82) is 0 Å². The van der Waals surface area contributed by atoms with Gasteiger partial charge in [-0.1, -0.05) is 20.3 Å². The van der Waals surface area contributed by atoms with Gasteiger partial charge < -0.3 is 5.73 Å². The molecule has 6 heteroatoms. The summed E-state index contributed by atoms with van der Waals surface area (Å²) in [6.45, 7) is 6.10. The molecule has 0 bridgehead atoms. The van der Waals surface area contributed by atoms with Crippen molar-refractivity contribution >= 4 is 31.6 Å². The van der Waals surface area contributed by atoms with E-state index in [0.717, 1.165) is 12.8 Å². The van der Waals surface area contributed by atoms with E-state index in [0.29, 0.717) is 16.1 Å². The third-order valence-corrected chi connectivity index (χ3v) is 5.62. The Kier molecular flexibility index (Phi) is 5.82. The number of anilines is 1. The molecule has 1 aromatic carbocycles. The van der Waals surface area contributed by atoms with Crippen LogP contribution in [0.4, 0.5) is 5.69 Å². The minimum Gasteiger partial charge on any atom is -0.399 e. The molecule has 1 rings (SSSR count). The van der Waals surface area contributed by atoms with E-state index < -0.39 is 10.0 Å². The normalized spacial score (nSPS) is 15.2. The van der Waals surface area contributed by atoms with Gasteiger partial charge in [0.05, 0.1) is 4.90 Å². The lowest BCUT2D eigenvalue weighted by Gasteiger charge is -2.18. The van der Waals surface area contributed by atoms with Crippen molar-refractivity contribution in [1.82, 2.24) is 4.72 Å². The van der Waals surface area contributed by atoms with Crippen molar-refractivity contribution in [2.24, 2.45) is 5.92 Å². The van der Waals surface area contributed by atoms with Crippen LogP contribution < -0.4 is 10.5 Å². The molecule has 0 radical (unpaired) electrons. The number of nitrogens with one attached hydrogen (secondary N) is 1. The second-order valence-electron chi connectivity index (χ2n) is 4.96. The average molecular weight is 349 g/mol. The van der Waals surface area contributed by atoms with Gasteiger partial charge in [0.15, 0.2) is 0 Å². The van der Waals surface area contributed by atoms with E-state index in [9.17, 15) is 8.42 Å². The molecule has 0 saturated carbocycles. The van der Waals surface area contributed by atoms with Gasteiger partial charge in [-0.2, -0.15) is 0 Å². The highest BCUT2D eigenvalue weighted by Crippen LogP contribution is 2.24. The molecule has 0 aliphatic carbocycles. The molecule has 0 aliphatic rings. The van der Waals surface area contributed by atoms with Gasteiger partial charge in [-0.3, -0.25) is 0 Å². The fourth-order valence-corrected chi connectivity index (χ4v) is 4.23. The van der Waals surface area contributed by atoms with E-state index in [4.69, 9.17) is 5.73 Å². The van der Waals surface area contributed by atoms with E-state index >= 15 is 0 Å². The van der Waals surface area contributed by atoms with Gasteiger partial charge in [-0.15, -0.1) is 0 Å². The van der Waals surface area contributed by atoms with Crippen LogP contribution >= 0.6 is 15.9 Å². The summed E-state index contributed by atoms with van der Waals surface area (Å²) in [6.07, 6.45) is 1.86. The molecule has 0 aromatic heterocycles. The van der Waals surface area contributed by atoms with Gasteiger partial charge in [0.2, 0.25) is 10.0 Å². The minimum absolute atomic E-state index is 0.0931. The molecule has 0 spiro atoms. The number of hydrogen-bond donors (Lipinski definition) is 2. The summed E-state index contributed by atoms with van der Waals surface area (Å²) in [6, 6.07) is 4.59. The van der Waals surface area contributed by atoms with Crippen LogP contribution in [0.1, 0.15) is 33.6 Å². The first-order valence-electron chi connectivity index (χ1n) is 6.33. The molecule has 0 amide bonds. The molecule has 0 heterocycles. The number of benzene rings is 1. The lowest BCUT2D eigenvalue weighted by molar-refractivity contribution is 0.445. The molecule has 3 N–H and O–H groups in total. The van der Waals surface area contributed by atoms with E-state index in [-0.39, 0.29) is 10.9 Å². The molecule has 108 valence electrons. The van der Waals surface area contributed by atoms with Crippen molar-refractivity contribution < 1.29 is 8.42 Å². The smallest absolute Gasteiger partial charge is 0.241 e. The van der Waals surface area contributed by atoms with Crippen LogP contribution in [-0.4, -0.2) is 14.5 Å². The first-order chi connectivity index (χ1) is 8.76. The first-order valence-corrected chi connectivity index (χ1v) is 8.61. The molecule has 0 saturated heterocycles. The quantitative estimate of drug-likeness (QED) is 0.775. The summed E-state index contributed by atoms with van der Waals surface area (Å²) >= 11 is 3.24. The third-order valence-electron chi connectivity index (χ3n) is 3.05. The Labute approximate surface area is 124 Å². The van der Waals surface area contributed by atoms with Gasteiger partial charge >= 0.3 is 0 Å². The first kappa shape index (κ1) is 16.5. The van der Waals surface area contributed by atoms with Gasteiger partial charge in [-0.25, -0.2) is 13.1 Å². The fraction of sp³-hybridized carbons (Fsp3) is 0.538. The maximum atomic E-state index is 12.3. The van der Waals surface area contributed by atoms with E-state index in [1.54, 1.807) is 12.1 Å². The molecular weight excluding hydrogens is 328 g/mol. The van der Waals surface area contributed by atoms with Crippen LogP contribution in [0.3, 0.4) is 0 Å². The van der Waals surface area contributed by atoms with Crippen molar-refractivity contribution in [3.63, 3.8) is 0 Å². The lowest BCUT2D eigenvalue weighted by atomic mass is 10.0.